The van der Waals surface area contributed by atoms with E-state index in [0.29, 0.717) is 5.56 Å². The van der Waals surface area contributed by atoms with Gasteiger partial charge < -0.3 is 106 Å². The lowest BCUT2D eigenvalue weighted by molar-refractivity contribution is -0.143. The Morgan fingerprint density at radius 2 is 0.793 bits per heavy atom. The van der Waals surface area contributed by atoms with Crippen molar-refractivity contribution in [2.75, 3.05) is 19.8 Å². The molecule has 1 aromatic carbocycles. The van der Waals surface area contributed by atoms with Gasteiger partial charge in [-0.3, -0.25) is 62.3 Å². The number of aliphatic carboxylic acids is 3. The average molecular weight is 1170 g/mol. The molecule has 0 radical (unpaired) electrons. The highest BCUT2D eigenvalue weighted by Gasteiger charge is 2.38. The van der Waals surface area contributed by atoms with Crippen LogP contribution >= 0.6 is 0 Å². The number of aromatic hydroxyl groups is 1. The van der Waals surface area contributed by atoms with Crippen molar-refractivity contribution >= 4 is 82.9 Å². The number of nitrogens with one attached hydrogen (secondary N) is 9. The Bertz CT molecular complexity index is 2430. The molecular weight excluding hydrogens is 1100 g/mol. The summed E-state index contributed by atoms with van der Waals surface area (Å²) in [5.74, 6) is -18.5. The topological polar surface area (TPSA) is 587 Å². The molecule has 82 heavy (non-hydrogen) atoms. The second-order valence-corrected chi connectivity index (χ2v) is 18.8. The van der Waals surface area contributed by atoms with Gasteiger partial charge in [0.25, 0.3) is 0 Å². The van der Waals surface area contributed by atoms with E-state index in [2.05, 4.69) is 42.5 Å². The maximum absolute atomic E-state index is 14.1. The van der Waals surface area contributed by atoms with Crippen molar-refractivity contribution in [3.8, 4) is 5.75 Å². The minimum absolute atomic E-state index is 0.187. The molecule has 34 heteroatoms. The normalized spacial score (nSPS) is 15.4. The van der Waals surface area contributed by atoms with Crippen LogP contribution in [0.5, 0.6) is 5.75 Å². The zero-order valence-electron chi connectivity index (χ0n) is 45.0. The molecule has 0 saturated carbocycles. The molecule has 23 N–H and O–H groups in total. The Hall–Kier alpha value is -8.60. The minimum Gasteiger partial charge on any atom is -0.508 e. The largest absolute Gasteiger partial charge is 0.508 e. The van der Waals surface area contributed by atoms with Gasteiger partial charge in [-0.1, -0.05) is 32.4 Å². The number of nitrogens with two attached hydrogens (primary N) is 3. The molecule has 12 atom stereocenters. The van der Waals surface area contributed by atoms with Crippen LogP contribution in [-0.4, -0.2) is 210 Å². The Morgan fingerprint density at radius 1 is 0.451 bits per heavy atom. The number of phenolic OH excluding ortho intramolecular Hbond substituents is 1. The summed E-state index contributed by atoms with van der Waals surface area (Å²) in [5.41, 5.74) is 16.2. The van der Waals surface area contributed by atoms with E-state index in [1.807, 2.05) is 5.32 Å². The summed E-state index contributed by atoms with van der Waals surface area (Å²) < 4.78 is 0. The van der Waals surface area contributed by atoms with E-state index in [4.69, 9.17) is 17.2 Å². The van der Waals surface area contributed by atoms with E-state index >= 15 is 0 Å². The quantitative estimate of drug-likeness (QED) is 0.0291. The van der Waals surface area contributed by atoms with Gasteiger partial charge >= 0.3 is 17.9 Å². The number of carboxylic acid groups (broad SMARTS) is 3. The van der Waals surface area contributed by atoms with Crippen LogP contribution in [0, 0.1) is 5.92 Å². The molecule has 0 heterocycles. The number of primary amides is 2. The standard InChI is InChI=1S/C48H74N12O22/c1-4-21(2)37(59-45(78)32(20-63)57-39(72)25(49)18-61)46(79)56-30(17-23-5-7-24(65)8-6-23)43(76)58-31(19-62)44(77)53-26(9-13-33(50)66)42(75)60-38(22(3)64)47(80)54-28(12-16-36(70)71)40(73)52-27(11-15-35(68)69)41(74)55-29(48(81)82)10-14-34(51)67/h5-8,21-22,25-32,37-38,61-65H,4,9-20,49H2,1-3H3,(H2,50,66)(H2,51,67)(H,52,73)(H,53,77)(H,54,80)(H,55,74)(H,56,79)(H,57,72)(H,58,76)(H,59,78)(H,60,75)(H,68,69)(H,70,71)(H,81,82)/t21-,22+,25-,26-,27-,28-,29-,30-,31-,32-,37-,38-/m0/s1. The van der Waals surface area contributed by atoms with Gasteiger partial charge in [-0.05, 0) is 56.2 Å². The second-order valence-electron chi connectivity index (χ2n) is 18.8. The first kappa shape index (κ1) is 71.4. The van der Waals surface area contributed by atoms with E-state index in [0.717, 1.165) is 6.92 Å². The van der Waals surface area contributed by atoms with E-state index in [9.17, 15) is 108 Å². The first-order chi connectivity index (χ1) is 38.4. The highest BCUT2D eigenvalue weighted by atomic mass is 16.4. The number of aliphatic hydroxyl groups excluding tert-OH is 4. The van der Waals surface area contributed by atoms with Crippen molar-refractivity contribution in [2.45, 2.75) is 152 Å². The summed E-state index contributed by atoms with van der Waals surface area (Å²) in [6.45, 7) is 1.14. The number of hydrogen-bond donors (Lipinski definition) is 20. The van der Waals surface area contributed by atoms with E-state index in [1.54, 1.807) is 6.92 Å². The van der Waals surface area contributed by atoms with Crippen LogP contribution < -0.4 is 65.1 Å². The maximum Gasteiger partial charge on any atom is 0.326 e. The Balaban J connectivity index is 3.56. The number of carboxylic acids is 3. The number of rotatable bonds is 39. The van der Waals surface area contributed by atoms with Crippen LogP contribution in [0.3, 0.4) is 0 Å². The summed E-state index contributed by atoms with van der Waals surface area (Å²) in [5, 5.41) is 98.0. The predicted octanol–water partition coefficient (Wildman–Crippen LogP) is -8.63. The van der Waals surface area contributed by atoms with Crippen LogP contribution in [0.15, 0.2) is 24.3 Å². The molecule has 11 amide bonds. The number of amides is 11. The zero-order valence-corrected chi connectivity index (χ0v) is 45.0. The van der Waals surface area contributed by atoms with Gasteiger partial charge in [0.15, 0.2) is 0 Å². The molecule has 1 rings (SSSR count). The van der Waals surface area contributed by atoms with Gasteiger partial charge in [0.05, 0.1) is 25.9 Å². The highest BCUT2D eigenvalue weighted by molar-refractivity contribution is 5.99. The molecule has 0 bridgehead atoms. The fourth-order valence-electron chi connectivity index (χ4n) is 7.23. The van der Waals surface area contributed by atoms with E-state index in [1.165, 1.54) is 31.2 Å². The van der Waals surface area contributed by atoms with Crippen molar-refractivity contribution in [3.63, 3.8) is 0 Å². The molecule has 0 unspecified atom stereocenters. The Kier molecular flexibility index (Phi) is 31.3. The number of phenols is 1. The van der Waals surface area contributed by atoms with Crippen LogP contribution in [0.2, 0.25) is 0 Å². The third-order valence-electron chi connectivity index (χ3n) is 12.2. The van der Waals surface area contributed by atoms with Gasteiger partial charge in [-0.25, -0.2) is 4.79 Å². The van der Waals surface area contributed by atoms with Crippen molar-refractivity contribution in [1.82, 2.24) is 47.9 Å². The number of carbonyl (C=O) groups is 14. The summed E-state index contributed by atoms with van der Waals surface area (Å²) >= 11 is 0. The van der Waals surface area contributed by atoms with Crippen molar-refractivity contribution in [3.05, 3.63) is 29.8 Å². The van der Waals surface area contributed by atoms with Gasteiger partial charge in [-0.15, -0.1) is 0 Å². The monoisotopic (exact) mass is 1170 g/mol. The van der Waals surface area contributed by atoms with Crippen LogP contribution in [-0.2, 0) is 73.5 Å². The highest BCUT2D eigenvalue weighted by Crippen LogP contribution is 2.15. The van der Waals surface area contributed by atoms with Crippen LogP contribution in [0.1, 0.15) is 84.1 Å². The SMILES string of the molecule is CC[C@H](C)[C@H](NC(=O)[C@H](CO)NC(=O)[C@@H](N)CO)C(=O)N[C@@H](Cc1ccc(O)cc1)C(=O)N[C@@H](CO)C(=O)N[C@@H](CCC(N)=O)C(=O)N[C@H](C(=O)N[C@@H](CCC(=O)O)C(=O)N[C@@H](CCC(=O)O)C(=O)N[C@@H](CCC(N)=O)C(=O)O)[C@@H](C)O. The summed E-state index contributed by atoms with van der Waals surface area (Å²) in [4.78, 5) is 180. The lowest BCUT2D eigenvalue weighted by Crippen LogP contribution is -2.62. The van der Waals surface area contributed by atoms with Crippen LogP contribution in [0.4, 0.5) is 0 Å². The Labute approximate surface area is 467 Å². The molecule has 0 aliphatic heterocycles. The third kappa shape index (κ3) is 25.7. The third-order valence-corrected chi connectivity index (χ3v) is 12.2. The fraction of sp³-hybridized carbons (Fsp3) is 0.583. The second kappa shape index (κ2) is 35.9. The Morgan fingerprint density at radius 3 is 1.21 bits per heavy atom. The molecule has 0 aromatic heterocycles. The summed E-state index contributed by atoms with van der Waals surface area (Å²) in [6.07, 6.45) is -7.51. The minimum atomic E-state index is -2.10. The molecule has 458 valence electrons. The van der Waals surface area contributed by atoms with Gasteiger partial charge in [0.2, 0.25) is 65.0 Å². The fourth-order valence-corrected chi connectivity index (χ4v) is 7.23. The molecule has 34 nitrogen and oxygen atoms in total. The molecule has 0 aliphatic rings. The molecule has 1 aromatic rings. The lowest BCUT2D eigenvalue weighted by atomic mass is 9.96. The summed E-state index contributed by atoms with van der Waals surface area (Å²) in [7, 11) is 0. The zero-order chi connectivity index (χ0) is 62.6. The number of aliphatic hydroxyl groups is 4. The number of carbonyl (C=O) groups excluding carboxylic acids is 11. The molecule has 0 fully saturated rings. The average Bonchev–Trinajstić information content (AvgIpc) is 3.50. The smallest absolute Gasteiger partial charge is 0.326 e. The lowest BCUT2D eigenvalue weighted by Gasteiger charge is -2.29. The predicted molar refractivity (Wildman–Crippen MR) is 278 cm³/mol. The number of hydrogen-bond acceptors (Lipinski definition) is 20. The van der Waals surface area contributed by atoms with E-state index < -0.39 is 227 Å². The van der Waals surface area contributed by atoms with Crippen molar-refractivity contribution in [2.24, 2.45) is 23.1 Å². The number of benzene rings is 1. The molecule has 0 spiro atoms. The van der Waals surface area contributed by atoms with E-state index in [-0.39, 0.29) is 18.6 Å². The maximum atomic E-state index is 14.1. The first-order valence-corrected chi connectivity index (χ1v) is 25.4. The molecule has 0 saturated heterocycles. The van der Waals surface area contributed by atoms with Crippen LogP contribution in [0.25, 0.3) is 0 Å². The van der Waals surface area contributed by atoms with Crippen molar-refractivity contribution < 1.29 is 108 Å². The first-order valence-electron chi connectivity index (χ1n) is 25.4. The van der Waals surface area contributed by atoms with Gasteiger partial charge in [-0.2, -0.15) is 0 Å². The van der Waals surface area contributed by atoms with Gasteiger partial charge in [0.1, 0.15) is 66.2 Å². The summed E-state index contributed by atoms with van der Waals surface area (Å²) in [6, 6.07) is -12.6. The molecular formula is C48H74N12O22. The van der Waals surface area contributed by atoms with Gasteiger partial charge in [0, 0.05) is 32.1 Å². The van der Waals surface area contributed by atoms with Crippen molar-refractivity contribution in [1.29, 1.82) is 0 Å². The molecule has 0 aliphatic carbocycles.